The molecule has 0 amide bonds. The Bertz CT molecular complexity index is 603. The Balaban J connectivity index is 2.55. The smallest absolute Gasteiger partial charge is 0.250 e. The summed E-state index contributed by atoms with van der Waals surface area (Å²) in [5.41, 5.74) is 8.24. The van der Waals surface area contributed by atoms with E-state index in [1.165, 1.54) is 10.6 Å². The van der Waals surface area contributed by atoms with E-state index in [1.807, 2.05) is 12.1 Å². The molecule has 88 valence electrons. The number of rotatable bonds is 2. The van der Waals surface area contributed by atoms with Gasteiger partial charge in [-0.2, -0.15) is 0 Å². The van der Waals surface area contributed by atoms with E-state index in [9.17, 15) is 4.79 Å². The molecule has 0 atom stereocenters. The van der Waals surface area contributed by atoms with Gasteiger partial charge in [0.25, 0.3) is 0 Å². The maximum absolute atomic E-state index is 11.3. The van der Waals surface area contributed by atoms with Gasteiger partial charge < -0.3 is 15.0 Å². The van der Waals surface area contributed by atoms with Crippen LogP contribution in [0.5, 0.6) is 5.75 Å². The average molecular weight is 230 g/mol. The zero-order chi connectivity index (χ0) is 12.4. The summed E-state index contributed by atoms with van der Waals surface area (Å²) in [6.45, 7) is 0. The van der Waals surface area contributed by atoms with Gasteiger partial charge in [-0.25, -0.2) is 0 Å². The molecule has 2 rings (SSSR count). The molecule has 4 heteroatoms. The van der Waals surface area contributed by atoms with Gasteiger partial charge in [-0.1, -0.05) is 0 Å². The molecule has 17 heavy (non-hydrogen) atoms. The molecule has 0 unspecified atom stereocenters. The minimum absolute atomic E-state index is 0.0374. The predicted octanol–water partition coefficient (Wildman–Crippen LogP) is 1.64. The number of nitrogens with zero attached hydrogens (tertiary/aromatic N) is 1. The van der Waals surface area contributed by atoms with Crippen LogP contribution < -0.4 is 16.0 Å². The largest absolute Gasteiger partial charge is 0.497 e. The van der Waals surface area contributed by atoms with E-state index in [4.69, 9.17) is 10.5 Å². The van der Waals surface area contributed by atoms with Crippen molar-refractivity contribution >= 4 is 5.69 Å². The summed E-state index contributed by atoms with van der Waals surface area (Å²) in [5.74, 6) is 0.703. The van der Waals surface area contributed by atoms with Gasteiger partial charge in [0.2, 0.25) is 5.56 Å². The first-order valence-electron chi connectivity index (χ1n) is 5.22. The first kappa shape index (κ1) is 11.3. The molecule has 1 aromatic heterocycles. The van der Waals surface area contributed by atoms with Crippen LogP contribution in [-0.2, 0) is 7.05 Å². The van der Waals surface area contributed by atoms with E-state index in [-0.39, 0.29) is 5.56 Å². The van der Waals surface area contributed by atoms with Crippen LogP contribution in [0.4, 0.5) is 5.69 Å². The Morgan fingerprint density at radius 2 is 1.94 bits per heavy atom. The van der Waals surface area contributed by atoms with E-state index in [0.717, 1.165) is 11.1 Å². The van der Waals surface area contributed by atoms with E-state index < -0.39 is 0 Å². The van der Waals surface area contributed by atoms with Crippen LogP contribution >= 0.6 is 0 Å². The second kappa shape index (κ2) is 4.33. The van der Waals surface area contributed by atoms with E-state index in [1.54, 1.807) is 32.5 Å². The third kappa shape index (κ3) is 2.30. The van der Waals surface area contributed by atoms with Crippen molar-refractivity contribution in [1.29, 1.82) is 0 Å². The fourth-order valence-electron chi connectivity index (χ4n) is 1.67. The Kier molecular flexibility index (Phi) is 2.87. The van der Waals surface area contributed by atoms with Gasteiger partial charge >= 0.3 is 0 Å². The maximum atomic E-state index is 11.3. The second-order valence-electron chi connectivity index (χ2n) is 3.86. The fraction of sp³-hybridized carbons (Fsp3) is 0.154. The first-order chi connectivity index (χ1) is 8.10. The summed E-state index contributed by atoms with van der Waals surface area (Å²) in [6, 6.07) is 8.80. The van der Waals surface area contributed by atoms with Gasteiger partial charge in [-0.15, -0.1) is 0 Å². The highest BCUT2D eigenvalue weighted by Crippen LogP contribution is 2.26. The Morgan fingerprint density at radius 1 is 1.18 bits per heavy atom. The molecule has 0 radical (unpaired) electrons. The molecule has 0 fully saturated rings. The summed E-state index contributed by atoms with van der Waals surface area (Å²) in [7, 11) is 3.31. The number of nitrogens with two attached hydrogens (primary N) is 1. The number of pyridine rings is 1. The number of anilines is 1. The molecule has 0 saturated carbocycles. The Labute approximate surface area is 99.3 Å². The van der Waals surface area contributed by atoms with E-state index >= 15 is 0 Å². The Hall–Kier alpha value is -2.23. The van der Waals surface area contributed by atoms with Crippen molar-refractivity contribution in [2.75, 3.05) is 12.8 Å². The summed E-state index contributed by atoms with van der Waals surface area (Å²) < 4.78 is 6.70. The maximum Gasteiger partial charge on any atom is 0.250 e. The molecule has 1 aromatic carbocycles. The Morgan fingerprint density at radius 3 is 2.59 bits per heavy atom. The van der Waals surface area contributed by atoms with Crippen LogP contribution in [0.25, 0.3) is 11.1 Å². The highest BCUT2D eigenvalue weighted by atomic mass is 16.5. The van der Waals surface area contributed by atoms with Crippen molar-refractivity contribution in [1.82, 2.24) is 4.57 Å². The number of hydrogen-bond acceptors (Lipinski definition) is 3. The van der Waals surface area contributed by atoms with Crippen LogP contribution in [0.1, 0.15) is 0 Å². The monoisotopic (exact) mass is 230 g/mol. The summed E-state index contributed by atoms with van der Waals surface area (Å²) in [5, 5.41) is 0. The summed E-state index contributed by atoms with van der Waals surface area (Å²) >= 11 is 0. The number of methoxy groups -OCH3 is 1. The number of aromatic nitrogens is 1. The van der Waals surface area contributed by atoms with Crippen LogP contribution in [0.2, 0.25) is 0 Å². The SMILES string of the molecule is COc1cc(N)cc(-c2ccc(=O)n(C)c2)c1. The lowest BCUT2D eigenvalue weighted by molar-refractivity contribution is 0.415. The van der Waals surface area contributed by atoms with Gasteiger partial charge in [0, 0.05) is 31.1 Å². The van der Waals surface area contributed by atoms with Crippen molar-refractivity contribution in [3.63, 3.8) is 0 Å². The molecule has 0 spiro atoms. The van der Waals surface area contributed by atoms with Crippen molar-refractivity contribution in [2.24, 2.45) is 7.05 Å². The van der Waals surface area contributed by atoms with Crippen molar-refractivity contribution in [2.45, 2.75) is 0 Å². The van der Waals surface area contributed by atoms with Crippen LogP contribution in [0.3, 0.4) is 0 Å². The predicted molar refractivity (Wildman–Crippen MR) is 68.1 cm³/mol. The minimum atomic E-state index is -0.0374. The van der Waals surface area contributed by atoms with Crippen LogP contribution in [0, 0.1) is 0 Å². The van der Waals surface area contributed by atoms with Gasteiger partial charge in [-0.3, -0.25) is 4.79 Å². The van der Waals surface area contributed by atoms with E-state index in [2.05, 4.69) is 0 Å². The first-order valence-corrected chi connectivity index (χ1v) is 5.22. The lowest BCUT2D eigenvalue weighted by atomic mass is 10.1. The molecule has 2 aromatic rings. The zero-order valence-corrected chi connectivity index (χ0v) is 9.81. The third-order valence-corrected chi connectivity index (χ3v) is 2.58. The molecule has 0 bridgehead atoms. The molecular formula is C13H14N2O2. The number of benzene rings is 1. The molecule has 2 N–H and O–H groups in total. The topological polar surface area (TPSA) is 57.2 Å². The number of aryl methyl sites for hydroxylation is 1. The highest BCUT2D eigenvalue weighted by molar-refractivity contribution is 5.69. The minimum Gasteiger partial charge on any atom is -0.497 e. The highest BCUT2D eigenvalue weighted by Gasteiger charge is 2.03. The van der Waals surface area contributed by atoms with Crippen molar-refractivity contribution < 1.29 is 4.74 Å². The lowest BCUT2D eigenvalue weighted by Crippen LogP contribution is -2.13. The van der Waals surface area contributed by atoms with Crippen molar-refractivity contribution in [3.8, 4) is 16.9 Å². The summed E-state index contributed by atoms with van der Waals surface area (Å²) in [6.07, 6.45) is 1.77. The number of hydrogen-bond donors (Lipinski definition) is 1. The average Bonchev–Trinajstić information content (AvgIpc) is 2.32. The van der Waals surface area contributed by atoms with Crippen LogP contribution in [0.15, 0.2) is 41.3 Å². The molecule has 1 heterocycles. The van der Waals surface area contributed by atoms with Crippen molar-refractivity contribution in [3.05, 3.63) is 46.9 Å². The van der Waals surface area contributed by atoms with Crippen LogP contribution in [-0.4, -0.2) is 11.7 Å². The molecule has 0 aliphatic rings. The van der Waals surface area contributed by atoms with Gasteiger partial charge in [0.15, 0.2) is 0 Å². The molecule has 4 nitrogen and oxygen atoms in total. The van der Waals surface area contributed by atoms with Gasteiger partial charge in [0.1, 0.15) is 5.75 Å². The third-order valence-electron chi connectivity index (χ3n) is 2.58. The number of nitrogen functional groups attached to an aromatic ring is 1. The molecule has 0 aliphatic heterocycles. The summed E-state index contributed by atoms with van der Waals surface area (Å²) in [4.78, 5) is 11.3. The molecular weight excluding hydrogens is 216 g/mol. The lowest BCUT2D eigenvalue weighted by Gasteiger charge is -2.07. The van der Waals surface area contributed by atoms with Gasteiger partial charge in [0.05, 0.1) is 7.11 Å². The molecule has 0 aliphatic carbocycles. The standard InChI is InChI=1S/C13H14N2O2/c1-15-8-9(3-4-13(15)16)10-5-11(14)7-12(6-10)17-2/h3-8H,14H2,1-2H3. The second-order valence-corrected chi connectivity index (χ2v) is 3.86. The normalized spacial score (nSPS) is 10.2. The molecule has 0 saturated heterocycles. The van der Waals surface area contributed by atoms with E-state index in [0.29, 0.717) is 11.4 Å². The fourth-order valence-corrected chi connectivity index (χ4v) is 1.67. The van der Waals surface area contributed by atoms with Gasteiger partial charge in [-0.05, 0) is 29.3 Å². The number of ether oxygens (including phenoxy) is 1. The quantitative estimate of drug-likeness (QED) is 0.798. The zero-order valence-electron chi connectivity index (χ0n) is 9.81.